The molecule has 1 aromatic carbocycles. The Kier molecular flexibility index (Phi) is 5.63. The molecule has 1 saturated carbocycles. The zero-order valence-corrected chi connectivity index (χ0v) is 13.0. The lowest BCUT2D eigenvalue weighted by molar-refractivity contribution is 0.0600. The number of carbonyl (C=O) groups is 2. The molecule has 0 aliphatic heterocycles. The number of amides is 2. The number of hydrogen-bond donors (Lipinski definition) is 2. The van der Waals surface area contributed by atoms with Crippen LogP contribution in [0.3, 0.4) is 0 Å². The number of anilines is 1. The monoisotopic (exact) mass is 306 g/mol. The second-order valence-electron chi connectivity index (χ2n) is 5.34. The lowest BCUT2D eigenvalue weighted by Crippen LogP contribution is -2.39. The summed E-state index contributed by atoms with van der Waals surface area (Å²) in [6.45, 7) is 0. The van der Waals surface area contributed by atoms with E-state index >= 15 is 0 Å². The van der Waals surface area contributed by atoms with E-state index in [0.29, 0.717) is 17.0 Å². The largest absolute Gasteiger partial charge is 0.495 e. The summed E-state index contributed by atoms with van der Waals surface area (Å²) in [6.07, 6.45) is 5.53. The van der Waals surface area contributed by atoms with Gasteiger partial charge in [0.15, 0.2) is 0 Å². The minimum Gasteiger partial charge on any atom is -0.495 e. The van der Waals surface area contributed by atoms with Gasteiger partial charge >= 0.3 is 12.0 Å². The van der Waals surface area contributed by atoms with Gasteiger partial charge < -0.3 is 20.1 Å². The van der Waals surface area contributed by atoms with E-state index < -0.39 is 5.97 Å². The van der Waals surface area contributed by atoms with Gasteiger partial charge in [0.25, 0.3) is 0 Å². The number of nitrogens with one attached hydrogen (secondary N) is 2. The highest BCUT2D eigenvalue weighted by molar-refractivity contribution is 5.95. The number of benzene rings is 1. The van der Waals surface area contributed by atoms with Crippen molar-refractivity contribution in [1.29, 1.82) is 0 Å². The average molecular weight is 306 g/mol. The van der Waals surface area contributed by atoms with E-state index in [1.165, 1.54) is 20.6 Å². The van der Waals surface area contributed by atoms with Gasteiger partial charge in [-0.05, 0) is 31.0 Å². The Hall–Kier alpha value is -2.24. The van der Waals surface area contributed by atoms with Gasteiger partial charge in [0.1, 0.15) is 5.75 Å². The molecule has 0 spiro atoms. The molecule has 2 amide bonds. The Bertz CT molecular complexity index is 539. The molecular formula is C16H22N2O4. The summed E-state index contributed by atoms with van der Waals surface area (Å²) in [7, 11) is 2.83. The van der Waals surface area contributed by atoms with Crippen LogP contribution in [-0.2, 0) is 4.74 Å². The molecule has 0 radical (unpaired) electrons. The molecule has 1 aromatic rings. The molecule has 1 fully saturated rings. The molecule has 2 rings (SSSR count). The van der Waals surface area contributed by atoms with Crippen molar-refractivity contribution in [2.24, 2.45) is 0 Å². The Morgan fingerprint density at radius 1 is 1.14 bits per heavy atom. The van der Waals surface area contributed by atoms with Crippen LogP contribution in [-0.4, -0.2) is 32.3 Å². The molecule has 22 heavy (non-hydrogen) atoms. The van der Waals surface area contributed by atoms with Gasteiger partial charge in [0.05, 0.1) is 25.5 Å². The lowest BCUT2D eigenvalue weighted by atomic mass is 9.96. The first-order chi connectivity index (χ1) is 10.6. The number of ether oxygens (including phenoxy) is 2. The Morgan fingerprint density at radius 3 is 2.50 bits per heavy atom. The van der Waals surface area contributed by atoms with Crippen molar-refractivity contribution in [2.75, 3.05) is 19.5 Å². The fourth-order valence-corrected chi connectivity index (χ4v) is 2.64. The topological polar surface area (TPSA) is 76.7 Å². The summed E-state index contributed by atoms with van der Waals surface area (Å²) in [5.41, 5.74) is 0.801. The molecule has 0 saturated heterocycles. The number of methoxy groups -OCH3 is 2. The number of rotatable bonds is 4. The van der Waals surface area contributed by atoms with Crippen LogP contribution >= 0.6 is 0 Å². The summed E-state index contributed by atoms with van der Waals surface area (Å²) in [5, 5.41) is 5.70. The van der Waals surface area contributed by atoms with Crippen LogP contribution in [0.15, 0.2) is 18.2 Å². The molecule has 0 aromatic heterocycles. The maximum Gasteiger partial charge on any atom is 0.337 e. The Balaban J connectivity index is 2.05. The van der Waals surface area contributed by atoms with Gasteiger partial charge in [-0.3, -0.25) is 0 Å². The van der Waals surface area contributed by atoms with Crippen LogP contribution in [0.2, 0.25) is 0 Å². The predicted molar refractivity (Wildman–Crippen MR) is 83.4 cm³/mol. The zero-order chi connectivity index (χ0) is 15.9. The second kappa shape index (κ2) is 7.68. The Labute approximate surface area is 130 Å². The molecule has 1 aliphatic carbocycles. The fraction of sp³-hybridized carbons (Fsp3) is 0.500. The van der Waals surface area contributed by atoms with E-state index in [0.717, 1.165) is 25.7 Å². The highest BCUT2D eigenvalue weighted by Gasteiger charge is 2.17. The Morgan fingerprint density at radius 2 is 1.86 bits per heavy atom. The van der Waals surface area contributed by atoms with Crippen molar-refractivity contribution < 1.29 is 19.1 Å². The van der Waals surface area contributed by atoms with Crippen molar-refractivity contribution in [3.8, 4) is 5.75 Å². The van der Waals surface area contributed by atoms with E-state index in [1.54, 1.807) is 18.2 Å². The van der Waals surface area contributed by atoms with Crippen molar-refractivity contribution in [3.05, 3.63) is 23.8 Å². The molecule has 120 valence electrons. The number of esters is 1. The molecule has 1 aliphatic rings. The number of carbonyl (C=O) groups excluding carboxylic acids is 2. The first-order valence-electron chi connectivity index (χ1n) is 7.48. The lowest BCUT2D eigenvalue weighted by Gasteiger charge is -2.23. The van der Waals surface area contributed by atoms with E-state index in [4.69, 9.17) is 4.74 Å². The average Bonchev–Trinajstić information content (AvgIpc) is 2.54. The minimum atomic E-state index is -0.460. The standard InChI is InChI=1S/C16H22N2O4/c1-21-14-9-8-11(15(19)22-2)10-13(14)18-16(20)17-12-6-4-3-5-7-12/h8-10,12H,3-7H2,1-2H3,(H2,17,18,20). The van der Waals surface area contributed by atoms with Gasteiger partial charge in [-0.15, -0.1) is 0 Å². The van der Waals surface area contributed by atoms with Crippen molar-refractivity contribution in [2.45, 2.75) is 38.1 Å². The molecular weight excluding hydrogens is 284 g/mol. The highest BCUT2D eigenvalue weighted by Crippen LogP contribution is 2.26. The van der Waals surface area contributed by atoms with Crippen molar-refractivity contribution in [3.63, 3.8) is 0 Å². The third-order valence-electron chi connectivity index (χ3n) is 3.81. The fourth-order valence-electron chi connectivity index (χ4n) is 2.64. The van der Waals surface area contributed by atoms with Crippen molar-refractivity contribution >= 4 is 17.7 Å². The maximum absolute atomic E-state index is 12.1. The normalized spacial score (nSPS) is 15.0. The van der Waals surface area contributed by atoms with E-state index in [1.807, 2.05) is 0 Å². The van der Waals surface area contributed by atoms with Gasteiger partial charge in [-0.1, -0.05) is 19.3 Å². The number of urea groups is 1. The highest BCUT2D eigenvalue weighted by atomic mass is 16.5. The smallest absolute Gasteiger partial charge is 0.337 e. The summed E-state index contributed by atoms with van der Waals surface area (Å²) in [6, 6.07) is 4.69. The van der Waals surface area contributed by atoms with Gasteiger partial charge in [-0.25, -0.2) is 9.59 Å². The molecule has 0 heterocycles. The summed E-state index contributed by atoms with van der Waals surface area (Å²) in [5.74, 6) is 0.0323. The molecule has 2 N–H and O–H groups in total. The molecule has 6 nitrogen and oxygen atoms in total. The van der Waals surface area contributed by atoms with Crippen LogP contribution in [0.25, 0.3) is 0 Å². The first kappa shape index (κ1) is 16.1. The summed E-state index contributed by atoms with van der Waals surface area (Å²) >= 11 is 0. The van der Waals surface area contributed by atoms with Gasteiger partial charge in [-0.2, -0.15) is 0 Å². The van der Waals surface area contributed by atoms with Crippen LogP contribution in [0.4, 0.5) is 10.5 Å². The van der Waals surface area contributed by atoms with E-state index in [-0.39, 0.29) is 12.1 Å². The van der Waals surface area contributed by atoms with Crippen LogP contribution in [0, 0.1) is 0 Å². The third kappa shape index (κ3) is 4.13. The first-order valence-corrected chi connectivity index (χ1v) is 7.48. The molecule has 0 atom stereocenters. The molecule has 0 unspecified atom stereocenters. The molecule has 0 bridgehead atoms. The van der Waals surface area contributed by atoms with Gasteiger partial charge in [0, 0.05) is 6.04 Å². The maximum atomic E-state index is 12.1. The summed E-state index contributed by atoms with van der Waals surface area (Å²) < 4.78 is 9.89. The van der Waals surface area contributed by atoms with Gasteiger partial charge in [0.2, 0.25) is 0 Å². The molecule has 6 heteroatoms. The van der Waals surface area contributed by atoms with E-state index in [9.17, 15) is 9.59 Å². The van der Waals surface area contributed by atoms with Crippen LogP contribution in [0.1, 0.15) is 42.5 Å². The SMILES string of the molecule is COC(=O)c1ccc(OC)c(NC(=O)NC2CCCCC2)c1. The summed E-state index contributed by atoms with van der Waals surface area (Å²) in [4.78, 5) is 23.7. The number of hydrogen-bond acceptors (Lipinski definition) is 4. The zero-order valence-electron chi connectivity index (χ0n) is 13.0. The predicted octanol–water partition coefficient (Wildman–Crippen LogP) is 2.94. The van der Waals surface area contributed by atoms with Crippen molar-refractivity contribution in [1.82, 2.24) is 5.32 Å². The second-order valence-corrected chi connectivity index (χ2v) is 5.34. The third-order valence-corrected chi connectivity index (χ3v) is 3.81. The quantitative estimate of drug-likeness (QED) is 0.839. The van der Waals surface area contributed by atoms with E-state index in [2.05, 4.69) is 15.4 Å². The van der Waals surface area contributed by atoms with Crippen LogP contribution in [0.5, 0.6) is 5.75 Å². The minimum absolute atomic E-state index is 0.212. The van der Waals surface area contributed by atoms with Crippen LogP contribution < -0.4 is 15.4 Å².